The molecule has 0 unspecified atom stereocenters. The van der Waals surface area contributed by atoms with Gasteiger partial charge < -0.3 is 14.8 Å². The first kappa shape index (κ1) is 20.4. The Morgan fingerprint density at radius 2 is 1.75 bits per heavy atom. The van der Waals surface area contributed by atoms with E-state index in [0.29, 0.717) is 6.04 Å². The Labute approximate surface area is 174 Å². The Hall–Kier alpha value is -2.33. The fourth-order valence-corrected chi connectivity index (χ4v) is 4.08. The lowest BCUT2D eigenvalue weighted by atomic mass is 10.1. The zero-order chi connectivity index (χ0) is 20.3. The topological polar surface area (TPSA) is 20.2 Å². The predicted molar refractivity (Wildman–Crippen MR) is 125 cm³/mol. The molecule has 2 aromatic carbocycles. The van der Waals surface area contributed by atoms with E-state index in [2.05, 4.69) is 98.1 Å². The van der Waals surface area contributed by atoms with E-state index >= 15 is 0 Å². The Bertz CT molecular complexity index is 953. The third kappa shape index (κ3) is 4.07. The number of fused-ring (bicyclic) bond motifs is 1. The molecule has 1 atom stereocenters. The number of nitrogens with one attached hydrogen (secondary N) is 1. The van der Waals surface area contributed by atoms with Gasteiger partial charge in [0.1, 0.15) is 0 Å². The lowest BCUT2D eigenvalue weighted by Crippen LogP contribution is -2.40. The van der Waals surface area contributed by atoms with Gasteiger partial charge in [0.25, 0.3) is 0 Å². The minimum Gasteiger partial charge on any atom is -0.347 e. The summed E-state index contributed by atoms with van der Waals surface area (Å²) in [4.78, 5) is 2.32. The van der Waals surface area contributed by atoms with Gasteiger partial charge in [-0.2, -0.15) is 0 Å². The third-order valence-corrected chi connectivity index (χ3v) is 5.99. The van der Waals surface area contributed by atoms with Crippen molar-refractivity contribution in [2.45, 2.75) is 60.2 Å². The highest BCUT2D eigenvalue weighted by Gasteiger charge is 2.19. The van der Waals surface area contributed by atoms with E-state index in [1.165, 1.54) is 27.6 Å². The number of hydrogen-bond donors (Lipinski definition) is 1. The number of aryl methyl sites for hydroxylation is 3. The highest BCUT2D eigenvalue weighted by atomic mass is 32.1. The summed E-state index contributed by atoms with van der Waals surface area (Å²) < 4.78 is 2.32. The average molecular weight is 394 g/mol. The molecule has 0 bridgehead atoms. The number of rotatable bonds is 6. The molecule has 148 valence electrons. The molecule has 3 rings (SSSR count). The molecule has 1 N–H and O–H groups in total. The van der Waals surface area contributed by atoms with E-state index in [1.807, 2.05) is 0 Å². The monoisotopic (exact) mass is 393 g/mol. The van der Waals surface area contributed by atoms with Gasteiger partial charge in [0.05, 0.1) is 0 Å². The van der Waals surface area contributed by atoms with Crippen LogP contribution in [0.25, 0.3) is 10.9 Å². The number of aromatic nitrogens is 1. The summed E-state index contributed by atoms with van der Waals surface area (Å²) in [5, 5.41) is 5.64. The molecule has 0 aliphatic heterocycles. The van der Waals surface area contributed by atoms with Crippen molar-refractivity contribution in [3.63, 3.8) is 0 Å². The van der Waals surface area contributed by atoms with Gasteiger partial charge in [0.15, 0.2) is 5.11 Å². The second kappa shape index (κ2) is 8.78. The molecule has 0 aliphatic carbocycles. The largest absolute Gasteiger partial charge is 0.347 e. The lowest BCUT2D eigenvalue weighted by Gasteiger charge is -2.32. The minimum atomic E-state index is 0.355. The summed E-state index contributed by atoms with van der Waals surface area (Å²) >= 11 is 5.88. The van der Waals surface area contributed by atoms with Crippen LogP contribution in [-0.2, 0) is 13.1 Å². The molecular weight excluding hydrogens is 362 g/mol. The fraction of sp³-hybridized carbons (Fsp3) is 0.375. The molecule has 1 aromatic heterocycles. The van der Waals surface area contributed by atoms with Gasteiger partial charge >= 0.3 is 0 Å². The summed E-state index contributed by atoms with van der Waals surface area (Å²) in [6, 6.07) is 15.3. The van der Waals surface area contributed by atoms with Crippen molar-refractivity contribution >= 4 is 33.9 Å². The maximum Gasteiger partial charge on any atom is 0.173 e. The van der Waals surface area contributed by atoms with E-state index in [0.717, 1.165) is 30.3 Å². The molecule has 4 heteroatoms. The van der Waals surface area contributed by atoms with Crippen molar-refractivity contribution in [1.29, 1.82) is 0 Å². The Morgan fingerprint density at radius 1 is 1.07 bits per heavy atom. The first-order valence-electron chi connectivity index (χ1n) is 10.2. The molecule has 0 saturated carbocycles. The number of hydrogen-bond acceptors (Lipinski definition) is 1. The summed E-state index contributed by atoms with van der Waals surface area (Å²) in [7, 11) is 0. The third-order valence-electron chi connectivity index (χ3n) is 5.65. The molecule has 1 heterocycles. The minimum absolute atomic E-state index is 0.355. The standard InChI is InChI=1S/C24H31N3S/c1-6-19(5)27(24(28)25-23-17(3)11-10-12-18(23)4)16-20-15-26(7-2)22-14-9-8-13-21(20)22/h8-15,19H,6-7,16H2,1-5H3,(H,25,28)/t19-/m1/s1. The van der Waals surface area contributed by atoms with E-state index in [-0.39, 0.29) is 0 Å². The zero-order valence-electron chi connectivity index (χ0n) is 17.6. The molecular formula is C24H31N3S. The first-order valence-corrected chi connectivity index (χ1v) is 10.6. The van der Waals surface area contributed by atoms with E-state index in [9.17, 15) is 0 Å². The fourth-order valence-electron chi connectivity index (χ4n) is 3.73. The van der Waals surface area contributed by atoms with E-state index in [1.54, 1.807) is 0 Å². The van der Waals surface area contributed by atoms with Gasteiger partial charge in [-0.3, -0.25) is 0 Å². The van der Waals surface area contributed by atoms with Crippen LogP contribution < -0.4 is 5.32 Å². The van der Waals surface area contributed by atoms with Crippen LogP contribution in [0, 0.1) is 13.8 Å². The smallest absolute Gasteiger partial charge is 0.173 e. The maximum absolute atomic E-state index is 5.88. The summed E-state index contributed by atoms with van der Waals surface area (Å²) in [5.74, 6) is 0. The summed E-state index contributed by atoms with van der Waals surface area (Å²) in [5.41, 5.74) is 6.17. The second-order valence-electron chi connectivity index (χ2n) is 7.54. The van der Waals surface area contributed by atoms with Crippen LogP contribution in [0.3, 0.4) is 0 Å². The van der Waals surface area contributed by atoms with Crippen molar-refractivity contribution < 1.29 is 0 Å². The number of para-hydroxylation sites is 2. The van der Waals surface area contributed by atoms with Crippen LogP contribution in [-0.4, -0.2) is 20.6 Å². The molecule has 28 heavy (non-hydrogen) atoms. The molecule has 3 nitrogen and oxygen atoms in total. The van der Waals surface area contributed by atoms with Gasteiger partial charge in [0.2, 0.25) is 0 Å². The second-order valence-corrected chi connectivity index (χ2v) is 7.93. The number of anilines is 1. The van der Waals surface area contributed by atoms with Gasteiger partial charge in [-0.1, -0.05) is 43.3 Å². The van der Waals surface area contributed by atoms with E-state index in [4.69, 9.17) is 12.2 Å². The quantitative estimate of drug-likeness (QED) is 0.498. The van der Waals surface area contributed by atoms with Gasteiger partial charge in [-0.15, -0.1) is 0 Å². The molecule has 0 aliphatic rings. The maximum atomic E-state index is 5.88. The predicted octanol–water partition coefficient (Wildman–Crippen LogP) is 6.28. The van der Waals surface area contributed by atoms with Crippen molar-refractivity contribution in [1.82, 2.24) is 9.47 Å². The molecule has 3 aromatic rings. The molecule has 0 saturated heterocycles. The van der Waals surface area contributed by atoms with Crippen LogP contribution in [0.15, 0.2) is 48.7 Å². The van der Waals surface area contributed by atoms with Crippen molar-refractivity contribution in [2.24, 2.45) is 0 Å². The van der Waals surface area contributed by atoms with Crippen molar-refractivity contribution in [3.05, 3.63) is 65.4 Å². The van der Waals surface area contributed by atoms with Gasteiger partial charge in [0, 0.05) is 41.9 Å². The van der Waals surface area contributed by atoms with Gasteiger partial charge in [-0.25, -0.2) is 0 Å². The normalized spacial score (nSPS) is 12.2. The van der Waals surface area contributed by atoms with Crippen LogP contribution in [0.2, 0.25) is 0 Å². The van der Waals surface area contributed by atoms with Crippen LogP contribution in [0.5, 0.6) is 0 Å². The molecule has 0 spiro atoms. The number of benzene rings is 2. The van der Waals surface area contributed by atoms with Crippen LogP contribution >= 0.6 is 12.2 Å². The zero-order valence-corrected chi connectivity index (χ0v) is 18.4. The van der Waals surface area contributed by atoms with E-state index < -0.39 is 0 Å². The Balaban J connectivity index is 1.92. The Morgan fingerprint density at radius 3 is 2.39 bits per heavy atom. The molecule has 0 radical (unpaired) electrons. The summed E-state index contributed by atoms with van der Waals surface area (Å²) in [6.07, 6.45) is 3.32. The first-order chi connectivity index (χ1) is 13.5. The molecule has 0 amide bonds. The lowest BCUT2D eigenvalue weighted by molar-refractivity contribution is 0.320. The number of nitrogens with zero attached hydrogens (tertiary/aromatic N) is 2. The van der Waals surface area contributed by atoms with Crippen LogP contribution in [0.4, 0.5) is 5.69 Å². The van der Waals surface area contributed by atoms with Crippen LogP contribution in [0.1, 0.15) is 43.9 Å². The van der Waals surface area contributed by atoms with Gasteiger partial charge in [-0.05, 0) is 69.1 Å². The highest BCUT2D eigenvalue weighted by Crippen LogP contribution is 2.25. The number of thiocarbonyl (C=S) groups is 1. The SMILES string of the molecule is CC[C@@H](C)N(Cc1cn(CC)c2ccccc12)C(=S)Nc1c(C)cccc1C. The van der Waals surface area contributed by atoms with Crippen molar-refractivity contribution in [3.8, 4) is 0 Å². The summed E-state index contributed by atoms with van der Waals surface area (Å²) in [6.45, 7) is 12.7. The van der Waals surface area contributed by atoms with Crippen molar-refractivity contribution in [2.75, 3.05) is 5.32 Å². The Kier molecular flexibility index (Phi) is 6.40. The average Bonchev–Trinajstić information content (AvgIpc) is 3.06. The highest BCUT2D eigenvalue weighted by molar-refractivity contribution is 7.80. The molecule has 0 fully saturated rings.